The minimum atomic E-state index is -2.64. The number of pyridine rings is 3. The van der Waals surface area contributed by atoms with Crippen molar-refractivity contribution in [2.24, 2.45) is 0 Å². The number of likely N-dealkylation sites (tertiary alicyclic amines) is 1. The molecule has 0 radical (unpaired) electrons. The average molecular weight is 612 g/mol. The largest absolute Gasteiger partial charge is 0.384 e. The predicted molar refractivity (Wildman–Crippen MR) is 169 cm³/mol. The van der Waals surface area contributed by atoms with E-state index in [0.29, 0.717) is 47.8 Å². The molecule has 0 unspecified atom stereocenters. The van der Waals surface area contributed by atoms with Crippen LogP contribution in [0.15, 0.2) is 67.3 Å². The van der Waals surface area contributed by atoms with Gasteiger partial charge in [-0.05, 0) is 67.7 Å². The number of anilines is 1. The number of alkyl halides is 2. The van der Waals surface area contributed by atoms with Crippen LogP contribution < -0.4 is 5.32 Å². The Labute approximate surface area is 257 Å². The van der Waals surface area contributed by atoms with E-state index in [1.54, 1.807) is 29.7 Å². The van der Waals surface area contributed by atoms with E-state index in [-0.39, 0.29) is 18.8 Å². The summed E-state index contributed by atoms with van der Waals surface area (Å²) in [6.45, 7) is 2.02. The molecular formula is C33H32F3N9. The van der Waals surface area contributed by atoms with Crippen molar-refractivity contribution in [1.29, 1.82) is 0 Å². The number of nitrogens with one attached hydrogen (secondary N) is 3. The highest BCUT2D eigenvalue weighted by atomic mass is 19.3. The maximum absolute atomic E-state index is 14.7. The number of halogens is 3. The lowest BCUT2D eigenvalue weighted by Gasteiger charge is -2.15. The number of hydrogen-bond donors (Lipinski definition) is 3. The molecular weight excluding hydrogens is 579 g/mol. The first kappa shape index (κ1) is 28.9. The Morgan fingerprint density at radius 3 is 2.67 bits per heavy atom. The van der Waals surface area contributed by atoms with Crippen LogP contribution in [0.25, 0.3) is 55.7 Å². The molecule has 12 heteroatoms. The molecule has 45 heavy (non-hydrogen) atoms. The summed E-state index contributed by atoms with van der Waals surface area (Å²) < 4.78 is 42.1. The summed E-state index contributed by atoms with van der Waals surface area (Å²) in [5.74, 6) is -2.97. The van der Waals surface area contributed by atoms with Gasteiger partial charge in [0, 0.05) is 73.4 Å². The molecule has 0 bridgehead atoms. The molecule has 1 aliphatic heterocycles. The summed E-state index contributed by atoms with van der Waals surface area (Å²) in [5, 5.41) is 11.8. The molecule has 5 aromatic heterocycles. The van der Waals surface area contributed by atoms with E-state index < -0.39 is 5.92 Å². The minimum absolute atomic E-state index is 0.121. The Hall–Kier alpha value is -4.81. The normalized spacial score (nSPS) is 15.1. The van der Waals surface area contributed by atoms with Crippen LogP contribution >= 0.6 is 0 Å². The Morgan fingerprint density at radius 1 is 0.978 bits per heavy atom. The summed E-state index contributed by atoms with van der Waals surface area (Å²) in [4.78, 5) is 20.9. The van der Waals surface area contributed by atoms with Crippen LogP contribution in [-0.4, -0.2) is 86.1 Å². The lowest BCUT2D eigenvalue weighted by molar-refractivity contribution is 0.0115. The summed E-state index contributed by atoms with van der Waals surface area (Å²) in [6.07, 6.45) is 6.78. The SMILES string of the molecule is CN(C)CCNc1cc(F)cc(-c2cncc3[nH]c(-c4n[nH]c5ccc(-c6cncc(CN7CCC(F)(F)C7)c6)nc45)cc23)c1. The number of aromatic amines is 2. The molecule has 6 aromatic rings. The number of nitrogens with zero attached hydrogens (tertiary/aromatic N) is 6. The highest BCUT2D eigenvalue weighted by molar-refractivity contribution is 6.00. The number of H-pyrrole nitrogens is 2. The third-order valence-corrected chi connectivity index (χ3v) is 8.05. The van der Waals surface area contributed by atoms with Crippen molar-refractivity contribution < 1.29 is 13.2 Å². The van der Waals surface area contributed by atoms with Gasteiger partial charge in [-0.1, -0.05) is 0 Å². The molecule has 1 aromatic carbocycles. The van der Waals surface area contributed by atoms with E-state index in [4.69, 9.17) is 4.98 Å². The Kier molecular flexibility index (Phi) is 7.46. The van der Waals surface area contributed by atoms with E-state index >= 15 is 0 Å². The lowest BCUT2D eigenvalue weighted by Crippen LogP contribution is -2.24. The molecule has 230 valence electrons. The van der Waals surface area contributed by atoms with Gasteiger partial charge in [0.1, 0.15) is 17.0 Å². The van der Waals surface area contributed by atoms with E-state index in [1.165, 1.54) is 12.1 Å². The van der Waals surface area contributed by atoms with Gasteiger partial charge in [-0.15, -0.1) is 0 Å². The molecule has 1 aliphatic rings. The molecule has 1 saturated heterocycles. The summed E-state index contributed by atoms with van der Waals surface area (Å²) in [5.41, 5.74) is 8.10. The van der Waals surface area contributed by atoms with Gasteiger partial charge >= 0.3 is 0 Å². The van der Waals surface area contributed by atoms with Crippen LogP contribution in [0.1, 0.15) is 12.0 Å². The van der Waals surface area contributed by atoms with Crippen molar-refractivity contribution in [3.8, 4) is 33.8 Å². The fourth-order valence-corrected chi connectivity index (χ4v) is 5.84. The van der Waals surface area contributed by atoms with Crippen molar-refractivity contribution in [3.63, 3.8) is 0 Å². The van der Waals surface area contributed by atoms with Crippen molar-refractivity contribution in [2.45, 2.75) is 18.9 Å². The maximum atomic E-state index is 14.7. The van der Waals surface area contributed by atoms with Crippen molar-refractivity contribution in [3.05, 3.63) is 78.6 Å². The van der Waals surface area contributed by atoms with Crippen molar-refractivity contribution >= 4 is 27.6 Å². The zero-order valence-corrected chi connectivity index (χ0v) is 24.9. The predicted octanol–water partition coefficient (Wildman–Crippen LogP) is 6.18. The molecule has 0 atom stereocenters. The van der Waals surface area contributed by atoms with Crippen LogP contribution in [0.2, 0.25) is 0 Å². The van der Waals surface area contributed by atoms with Gasteiger partial charge < -0.3 is 15.2 Å². The molecule has 0 aliphatic carbocycles. The third kappa shape index (κ3) is 6.11. The van der Waals surface area contributed by atoms with Gasteiger partial charge in [0.25, 0.3) is 5.92 Å². The molecule has 9 nitrogen and oxygen atoms in total. The minimum Gasteiger partial charge on any atom is -0.384 e. The number of fused-ring (bicyclic) bond motifs is 2. The number of aromatic nitrogens is 6. The van der Waals surface area contributed by atoms with Crippen LogP contribution in [0.4, 0.5) is 18.9 Å². The second-order valence-electron chi connectivity index (χ2n) is 11.9. The lowest BCUT2D eigenvalue weighted by atomic mass is 10.0. The first-order valence-corrected chi connectivity index (χ1v) is 14.8. The van der Waals surface area contributed by atoms with Crippen LogP contribution in [-0.2, 0) is 6.54 Å². The van der Waals surface area contributed by atoms with E-state index in [0.717, 1.165) is 45.3 Å². The molecule has 6 heterocycles. The summed E-state index contributed by atoms with van der Waals surface area (Å²) in [7, 11) is 3.98. The summed E-state index contributed by atoms with van der Waals surface area (Å²) >= 11 is 0. The van der Waals surface area contributed by atoms with Gasteiger partial charge in [0.05, 0.1) is 35.2 Å². The maximum Gasteiger partial charge on any atom is 0.261 e. The molecule has 3 N–H and O–H groups in total. The molecule has 7 rings (SSSR count). The summed E-state index contributed by atoms with van der Waals surface area (Å²) in [6, 6.07) is 12.7. The van der Waals surface area contributed by atoms with E-state index in [9.17, 15) is 13.2 Å². The average Bonchev–Trinajstić information content (AvgIpc) is 3.72. The van der Waals surface area contributed by atoms with Gasteiger partial charge in [-0.2, -0.15) is 5.10 Å². The molecule has 0 spiro atoms. The van der Waals surface area contributed by atoms with Crippen LogP contribution in [0, 0.1) is 5.82 Å². The Morgan fingerprint density at radius 2 is 1.84 bits per heavy atom. The van der Waals surface area contributed by atoms with E-state index in [1.807, 2.05) is 44.4 Å². The standard InChI is InChI=1S/C33H32F3N9/c1-44(2)8-6-39-24-11-21(10-23(34)12-24)26-16-38-17-30-25(26)13-29(40-30)32-31-28(42-43-32)4-3-27(41-31)22-9-20(14-37-15-22)18-45-7-5-33(35,36)19-45/h3-4,9-17,39-40H,5-8,18-19H2,1-2H3,(H,42,43). The van der Waals surface area contributed by atoms with Crippen molar-refractivity contribution in [2.75, 3.05) is 45.6 Å². The molecule has 0 amide bonds. The van der Waals surface area contributed by atoms with Gasteiger partial charge in [-0.25, -0.2) is 18.2 Å². The number of benzene rings is 1. The number of likely N-dealkylation sites (N-methyl/N-ethyl adjacent to an activating group) is 1. The highest BCUT2D eigenvalue weighted by Crippen LogP contribution is 2.35. The molecule has 1 fully saturated rings. The van der Waals surface area contributed by atoms with Gasteiger partial charge in [0.2, 0.25) is 0 Å². The van der Waals surface area contributed by atoms with E-state index in [2.05, 4.69) is 35.4 Å². The van der Waals surface area contributed by atoms with Gasteiger partial charge in [-0.3, -0.25) is 20.0 Å². The third-order valence-electron chi connectivity index (χ3n) is 8.05. The topological polar surface area (TPSA) is 102 Å². The Balaban J connectivity index is 1.20. The zero-order chi connectivity index (χ0) is 31.1. The first-order chi connectivity index (χ1) is 21.7. The number of rotatable bonds is 9. The second kappa shape index (κ2) is 11.6. The van der Waals surface area contributed by atoms with Crippen LogP contribution in [0.3, 0.4) is 0 Å². The quantitative estimate of drug-likeness (QED) is 0.179. The van der Waals surface area contributed by atoms with Crippen molar-refractivity contribution in [1.82, 2.24) is 39.9 Å². The Bertz CT molecular complexity index is 2000. The zero-order valence-electron chi connectivity index (χ0n) is 24.9. The first-order valence-electron chi connectivity index (χ1n) is 14.8. The highest BCUT2D eigenvalue weighted by Gasteiger charge is 2.37. The monoisotopic (exact) mass is 611 g/mol. The van der Waals surface area contributed by atoms with Crippen LogP contribution in [0.5, 0.6) is 0 Å². The fraction of sp³-hybridized carbons (Fsp3) is 0.273. The molecule has 0 saturated carbocycles. The second-order valence-corrected chi connectivity index (χ2v) is 11.9. The number of hydrogen-bond acceptors (Lipinski definition) is 7. The fourth-order valence-electron chi connectivity index (χ4n) is 5.84. The smallest absolute Gasteiger partial charge is 0.261 e. The van der Waals surface area contributed by atoms with Gasteiger partial charge in [0.15, 0.2) is 0 Å².